The first-order chi connectivity index (χ1) is 8.44. The summed E-state index contributed by atoms with van der Waals surface area (Å²) in [4.78, 5) is 0. The standard InChI is InChI=1S/C12H17ClFNO2S/c1-10(11-4-6-12(14)7-5-11)15-18(16,17)9-3-2-8-13/h4-7,10,15H,2-3,8-9H2,1H3/t10-/m1/s1. The van der Waals surface area contributed by atoms with Crippen LogP contribution in [0.4, 0.5) is 4.39 Å². The number of halogens is 2. The van der Waals surface area contributed by atoms with Gasteiger partial charge in [0.1, 0.15) is 5.82 Å². The molecule has 0 fully saturated rings. The number of benzene rings is 1. The molecular weight excluding hydrogens is 277 g/mol. The monoisotopic (exact) mass is 293 g/mol. The molecule has 1 aromatic rings. The van der Waals surface area contributed by atoms with Gasteiger partial charge in [0, 0.05) is 11.9 Å². The molecular formula is C12H17ClFNO2S. The van der Waals surface area contributed by atoms with Gasteiger partial charge in [0.2, 0.25) is 10.0 Å². The van der Waals surface area contributed by atoms with Crippen molar-refractivity contribution >= 4 is 21.6 Å². The molecule has 102 valence electrons. The lowest BCUT2D eigenvalue weighted by Crippen LogP contribution is -2.29. The molecule has 6 heteroatoms. The third kappa shape index (κ3) is 5.33. The lowest BCUT2D eigenvalue weighted by molar-refractivity contribution is 0.563. The molecule has 0 heterocycles. The maximum absolute atomic E-state index is 12.7. The summed E-state index contributed by atoms with van der Waals surface area (Å²) in [6.45, 7) is 1.73. The average Bonchev–Trinajstić information content (AvgIpc) is 2.29. The van der Waals surface area contributed by atoms with Crippen molar-refractivity contribution in [1.29, 1.82) is 0 Å². The van der Waals surface area contributed by atoms with Gasteiger partial charge in [0.25, 0.3) is 0 Å². The normalized spacial score (nSPS) is 13.5. The third-order valence-electron chi connectivity index (χ3n) is 2.52. The van der Waals surface area contributed by atoms with Crippen LogP contribution in [0.2, 0.25) is 0 Å². The maximum atomic E-state index is 12.7. The lowest BCUT2D eigenvalue weighted by Gasteiger charge is -2.14. The summed E-state index contributed by atoms with van der Waals surface area (Å²) in [6.07, 6.45) is 1.21. The number of hydrogen-bond acceptors (Lipinski definition) is 2. The van der Waals surface area contributed by atoms with Crippen molar-refractivity contribution in [3.8, 4) is 0 Å². The first-order valence-electron chi connectivity index (χ1n) is 5.76. The van der Waals surface area contributed by atoms with Crippen LogP contribution in [0.25, 0.3) is 0 Å². The second-order valence-corrected chi connectivity index (χ2v) is 6.36. The molecule has 1 rings (SSSR count). The fraction of sp³-hybridized carbons (Fsp3) is 0.500. The van der Waals surface area contributed by atoms with Crippen LogP contribution < -0.4 is 4.72 Å². The highest BCUT2D eigenvalue weighted by Crippen LogP contribution is 2.14. The Morgan fingerprint density at radius 2 is 1.89 bits per heavy atom. The predicted molar refractivity (Wildman–Crippen MR) is 71.7 cm³/mol. The Bertz CT molecular complexity index is 461. The van der Waals surface area contributed by atoms with Crippen LogP contribution in [0, 0.1) is 5.82 Å². The minimum Gasteiger partial charge on any atom is -0.212 e. The zero-order valence-electron chi connectivity index (χ0n) is 10.2. The van der Waals surface area contributed by atoms with E-state index in [1.165, 1.54) is 12.1 Å². The molecule has 0 bridgehead atoms. The summed E-state index contributed by atoms with van der Waals surface area (Å²) in [6, 6.07) is 5.40. The Labute approximate surface area is 112 Å². The molecule has 0 radical (unpaired) electrons. The Morgan fingerprint density at radius 1 is 1.28 bits per heavy atom. The second kappa shape index (κ2) is 7.07. The van der Waals surface area contributed by atoms with E-state index in [2.05, 4.69) is 4.72 Å². The number of rotatable bonds is 7. The molecule has 0 aromatic heterocycles. The number of nitrogens with one attached hydrogen (secondary N) is 1. The van der Waals surface area contributed by atoms with Crippen LogP contribution >= 0.6 is 11.6 Å². The van der Waals surface area contributed by atoms with Gasteiger partial charge < -0.3 is 0 Å². The Morgan fingerprint density at radius 3 is 2.44 bits per heavy atom. The molecule has 0 spiro atoms. The van der Waals surface area contributed by atoms with Gasteiger partial charge in [-0.1, -0.05) is 12.1 Å². The molecule has 0 aliphatic heterocycles. The van der Waals surface area contributed by atoms with Crippen LogP contribution in [-0.4, -0.2) is 20.1 Å². The van der Waals surface area contributed by atoms with Gasteiger partial charge in [-0.15, -0.1) is 11.6 Å². The third-order valence-corrected chi connectivity index (χ3v) is 4.33. The van der Waals surface area contributed by atoms with Crippen molar-refractivity contribution in [3.05, 3.63) is 35.6 Å². The van der Waals surface area contributed by atoms with Gasteiger partial charge in [0.15, 0.2) is 0 Å². The zero-order valence-corrected chi connectivity index (χ0v) is 11.8. The minimum absolute atomic E-state index is 0.0608. The van der Waals surface area contributed by atoms with Gasteiger partial charge in [-0.25, -0.2) is 17.5 Å². The highest BCUT2D eigenvalue weighted by molar-refractivity contribution is 7.89. The van der Waals surface area contributed by atoms with E-state index in [-0.39, 0.29) is 17.6 Å². The molecule has 1 atom stereocenters. The van der Waals surface area contributed by atoms with E-state index < -0.39 is 10.0 Å². The Balaban J connectivity index is 2.58. The van der Waals surface area contributed by atoms with E-state index in [4.69, 9.17) is 11.6 Å². The molecule has 1 aromatic carbocycles. The van der Waals surface area contributed by atoms with Crippen LogP contribution in [0.15, 0.2) is 24.3 Å². The number of sulfonamides is 1. The summed E-state index contributed by atoms with van der Waals surface area (Å²) < 4.78 is 38.8. The van der Waals surface area contributed by atoms with Gasteiger partial charge in [-0.05, 0) is 37.5 Å². The second-order valence-electron chi connectivity index (χ2n) is 4.11. The van der Waals surface area contributed by atoms with E-state index >= 15 is 0 Å². The van der Waals surface area contributed by atoms with E-state index in [1.807, 2.05) is 0 Å². The van der Waals surface area contributed by atoms with Crippen molar-refractivity contribution in [3.63, 3.8) is 0 Å². The fourth-order valence-corrected chi connectivity index (χ4v) is 3.10. The van der Waals surface area contributed by atoms with Crippen LogP contribution in [0.5, 0.6) is 0 Å². The van der Waals surface area contributed by atoms with Crippen molar-refractivity contribution < 1.29 is 12.8 Å². The molecule has 1 N–H and O–H groups in total. The van der Waals surface area contributed by atoms with Crippen LogP contribution in [-0.2, 0) is 10.0 Å². The van der Waals surface area contributed by atoms with Crippen molar-refractivity contribution in [2.75, 3.05) is 11.6 Å². The molecule has 3 nitrogen and oxygen atoms in total. The van der Waals surface area contributed by atoms with E-state index in [9.17, 15) is 12.8 Å². The van der Waals surface area contributed by atoms with Crippen LogP contribution in [0.3, 0.4) is 0 Å². The van der Waals surface area contributed by atoms with Gasteiger partial charge >= 0.3 is 0 Å². The summed E-state index contributed by atoms with van der Waals surface area (Å²) in [5.74, 6) is 0.185. The highest BCUT2D eigenvalue weighted by atomic mass is 35.5. The van der Waals surface area contributed by atoms with E-state index in [1.54, 1.807) is 19.1 Å². The van der Waals surface area contributed by atoms with Crippen LogP contribution in [0.1, 0.15) is 31.4 Å². The van der Waals surface area contributed by atoms with Gasteiger partial charge in [-0.2, -0.15) is 0 Å². The number of unbranched alkanes of at least 4 members (excludes halogenated alkanes) is 1. The zero-order chi connectivity index (χ0) is 13.6. The average molecular weight is 294 g/mol. The molecule has 0 saturated carbocycles. The molecule has 0 saturated heterocycles. The summed E-state index contributed by atoms with van der Waals surface area (Å²) in [5, 5.41) is 0. The first kappa shape index (κ1) is 15.4. The van der Waals surface area contributed by atoms with Gasteiger partial charge in [0.05, 0.1) is 5.75 Å². The topological polar surface area (TPSA) is 46.2 Å². The van der Waals surface area contributed by atoms with E-state index in [0.29, 0.717) is 18.7 Å². The Kier molecular flexibility index (Phi) is 6.05. The summed E-state index contributed by atoms with van der Waals surface area (Å²) in [7, 11) is -3.31. The first-order valence-corrected chi connectivity index (χ1v) is 7.95. The summed E-state index contributed by atoms with van der Waals surface area (Å²) in [5.41, 5.74) is 0.734. The van der Waals surface area contributed by atoms with Crippen molar-refractivity contribution in [2.24, 2.45) is 0 Å². The minimum atomic E-state index is -3.31. The van der Waals surface area contributed by atoms with Crippen molar-refractivity contribution in [2.45, 2.75) is 25.8 Å². The maximum Gasteiger partial charge on any atom is 0.212 e. The van der Waals surface area contributed by atoms with Gasteiger partial charge in [-0.3, -0.25) is 0 Å². The largest absolute Gasteiger partial charge is 0.212 e. The van der Waals surface area contributed by atoms with E-state index in [0.717, 1.165) is 5.56 Å². The lowest BCUT2D eigenvalue weighted by atomic mass is 10.1. The number of hydrogen-bond donors (Lipinski definition) is 1. The highest BCUT2D eigenvalue weighted by Gasteiger charge is 2.15. The molecule has 0 aliphatic rings. The fourth-order valence-electron chi connectivity index (χ4n) is 1.53. The quantitative estimate of drug-likeness (QED) is 0.621. The SMILES string of the molecule is C[C@@H](NS(=O)(=O)CCCCCl)c1ccc(F)cc1. The smallest absolute Gasteiger partial charge is 0.212 e. The van der Waals surface area contributed by atoms with Crippen molar-refractivity contribution in [1.82, 2.24) is 4.72 Å². The number of alkyl halides is 1. The predicted octanol–water partition coefficient (Wildman–Crippen LogP) is 2.83. The molecule has 0 amide bonds. The Hall–Kier alpha value is -0.650. The summed E-state index contributed by atoms with van der Waals surface area (Å²) >= 11 is 5.50. The molecule has 0 unspecified atom stereocenters. The molecule has 18 heavy (non-hydrogen) atoms. The molecule has 0 aliphatic carbocycles.